The van der Waals surface area contributed by atoms with Crippen LogP contribution in [0.1, 0.15) is 20.3 Å². The van der Waals surface area contributed by atoms with Gasteiger partial charge in [0.05, 0.1) is 11.0 Å². The van der Waals surface area contributed by atoms with Crippen molar-refractivity contribution < 1.29 is 18.1 Å². The number of nitrogens with one attached hydrogen (secondary N) is 2. The zero-order valence-corrected chi connectivity index (χ0v) is 14.4. The first-order valence-corrected chi connectivity index (χ1v) is 8.95. The van der Waals surface area contributed by atoms with E-state index in [4.69, 9.17) is 5.73 Å². The van der Waals surface area contributed by atoms with E-state index in [1.807, 2.05) is 13.8 Å². The van der Waals surface area contributed by atoms with Crippen LogP contribution in [0.4, 0.5) is 5.69 Å². The summed E-state index contributed by atoms with van der Waals surface area (Å²) in [5.74, 6) is -0.358. The van der Waals surface area contributed by atoms with Gasteiger partial charge in [0.25, 0.3) is 5.69 Å². The molecule has 0 saturated carbocycles. The zero-order valence-electron chi connectivity index (χ0n) is 13.6. The number of hydrogen-bond donors (Lipinski definition) is 3. The minimum atomic E-state index is -4.05. The predicted molar refractivity (Wildman–Crippen MR) is 88.7 cm³/mol. The summed E-state index contributed by atoms with van der Waals surface area (Å²) in [6.45, 7) is 3.69. The van der Waals surface area contributed by atoms with Crippen LogP contribution in [0.2, 0.25) is 0 Å². The Hall–Kier alpha value is -2.04. The largest absolute Gasteiger partial charge is 0.353 e. The fourth-order valence-electron chi connectivity index (χ4n) is 1.91. The summed E-state index contributed by atoms with van der Waals surface area (Å²) in [4.78, 5) is 21.5. The first kappa shape index (κ1) is 20.0. The highest BCUT2D eigenvalue weighted by atomic mass is 32.2. The molecule has 2 unspecified atom stereocenters. The fourth-order valence-corrected chi connectivity index (χ4v) is 3.12. The first-order valence-electron chi connectivity index (χ1n) is 7.47. The van der Waals surface area contributed by atoms with Crippen molar-refractivity contribution in [1.29, 1.82) is 0 Å². The van der Waals surface area contributed by atoms with Gasteiger partial charge >= 0.3 is 0 Å². The highest BCUT2D eigenvalue weighted by Crippen LogP contribution is 2.22. The van der Waals surface area contributed by atoms with Crippen LogP contribution < -0.4 is 15.8 Å². The van der Waals surface area contributed by atoms with Crippen molar-refractivity contribution in [1.82, 2.24) is 10.0 Å². The minimum absolute atomic E-state index is 0.00802. The number of nitrogens with two attached hydrogens (primary N) is 1. The Morgan fingerprint density at radius 2 is 1.96 bits per heavy atom. The molecule has 0 bridgehead atoms. The zero-order chi connectivity index (χ0) is 18.3. The highest BCUT2D eigenvalue weighted by Gasteiger charge is 2.25. The quantitative estimate of drug-likeness (QED) is 0.330. The SMILES string of the molecule is CCC(C)C(N)C(=O)NCCNS(=O)(=O)c1ccccc1[N+](=O)[O-]. The second kappa shape index (κ2) is 8.71. The summed E-state index contributed by atoms with van der Waals surface area (Å²) in [7, 11) is -4.05. The van der Waals surface area contributed by atoms with Gasteiger partial charge in [-0.2, -0.15) is 0 Å². The van der Waals surface area contributed by atoms with Crippen LogP contribution in [0.15, 0.2) is 29.2 Å². The molecule has 10 heteroatoms. The molecule has 9 nitrogen and oxygen atoms in total. The number of carbonyl (C=O) groups excluding carboxylic acids is 1. The Morgan fingerprint density at radius 3 is 2.54 bits per heavy atom. The molecule has 1 amide bonds. The molecule has 0 saturated heterocycles. The van der Waals surface area contributed by atoms with E-state index in [0.717, 1.165) is 18.6 Å². The average Bonchev–Trinajstić information content (AvgIpc) is 2.57. The van der Waals surface area contributed by atoms with E-state index >= 15 is 0 Å². The van der Waals surface area contributed by atoms with Crippen molar-refractivity contribution in [3.8, 4) is 0 Å². The molecule has 1 aromatic rings. The molecule has 4 N–H and O–H groups in total. The lowest BCUT2D eigenvalue weighted by molar-refractivity contribution is -0.387. The molecule has 134 valence electrons. The third-order valence-corrected chi connectivity index (χ3v) is 5.14. The number of benzene rings is 1. The van der Waals surface area contributed by atoms with E-state index in [1.54, 1.807) is 0 Å². The van der Waals surface area contributed by atoms with Gasteiger partial charge in [-0.3, -0.25) is 14.9 Å². The van der Waals surface area contributed by atoms with E-state index in [-0.39, 0.29) is 24.9 Å². The molecule has 2 atom stereocenters. The molecular weight excluding hydrogens is 336 g/mol. The topological polar surface area (TPSA) is 144 Å². The number of para-hydroxylation sites is 1. The predicted octanol–water partition coefficient (Wildman–Crippen LogP) is 0.363. The smallest absolute Gasteiger partial charge is 0.289 e. The van der Waals surface area contributed by atoms with Crippen molar-refractivity contribution in [2.45, 2.75) is 31.2 Å². The van der Waals surface area contributed by atoms with E-state index in [2.05, 4.69) is 10.0 Å². The van der Waals surface area contributed by atoms with Crippen LogP contribution in [0.3, 0.4) is 0 Å². The molecule has 0 aliphatic heterocycles. The second-order valence-electron chi connectivity index (χ2n) is 5.32. The van der Waals surface area contributed by atoms with E-state index in [0.29, 0.717) is 0 Å². The third-order valence-electron chi connectivity index (χ3n) is 3.63. The Balaban J connectivity index is 2.62. The normalized spacial score (nSPS) is 14.0. The maximum Gasteiger partial charge on any atom is 0.289 e. The number of nitro benzene ring substituents is 1. The van der Waals surface area contributed by atoms with Gasteiger partial charge in [0.2, 0.25) is 15.9 Å². The van der Waals surface area contributed by atoms with Crippen LogP contribution in [0, 0.1) is 16.0 Å². The number of amides is 1. The van der Waals surface area contributed by atoms with Crippen LogP contribution in [-0.2, 0) is 14.8 Å². The lowest BCUT2D eigenvalue weighted by Gasteiger charge is -2.17. The summed E-state index contributed by atoms with van der Waals surface area (Å²) < 4.78 is 26.5. The van der Waals surface area contributed by atoms with Gasteiger partial charge in [0, 0.05) is 19.2 Å². The number of nitrogens with zero attached hydrogens (tertiary/aromatic N) is 1. The summed E-state index contributed by atoms with van der Waals surface area (Å²) in [5.41, 5.74) is 5.25. The van der Waals surface area contributed by atoms with Crippen molar-refractivity contribution in [2.24, 2.45) is 11.7 Å². The monoisotopic (exact) mass is 358 g/mol. The standard InChI is InChI=1S/C14H22N4O5S/c1-3-10(2)13(15)14(19)16-8-9-17-24(22,23)12-7-5-4-6-11(12)18(20)21/h4-7,10,13,17H,3,8-9,15H2,1-2H3,(H,16,19). The first-order chi connectivity index (χ1) is 11.2. The van der Waals surface area contributed by atoms with Crippen molar-refractivity contribution in [3.05, 3.63) is 34.4 Å². The average molecular weight is 358 g/mol. The van der Waals surface area contributed by atoms with Crippen LogP contribution in [0.5, 0.6) is 0 Å². The Bertz CT molecular complexity index is 692. The Morgan fingerprint density at radius 1 is 1.33 bits per heavy atom. The number of nitro groups is 1. The van der Waals surface area contributed by atoms with Gasteiger partial charge in [-0.05, 0) is 12.0 Å². The minimum Gasteiger partial charge on any atom is -0.353 e. The van der Waals surface area contributed by atoms with Crippen LogP contribution >= 0.6 is 0 Å². The van der Waals surface area contributed by atoms with Gasteiger partial charge in [-0.15, -0.1) is 0 Å². The third kappa shape index (κ3) is 5.25. The molecule has 1 rings (SSSR count). The molecule has 0 aliphatic rings. The number of carbonyl (C=O) groups is 1. The summed E-state index contributed by atoms with van der Waals surface area (Å²) in [6, 6.07) is 4.38. The number of rotatable bonds is 9. The van der Waals surface area contributed by atoms with Gasteiger partial charge in [-0.25, -0.2) is 13.1 Å². The van der Waals surface area contributed by atoms with Crippen molar-refractivity contribution in [2.75, 3.05) is 13.1 Å². The molecule has 0 fully saturated rings. The summed E-state index contributed by atoms with van der Waals surface area (Å²) in [5, 5.41) is 13.4. The Labute approximate surface area is 140 Å². The van der Waals surface area contributed by atoms with Crippen molar-refractivity contribution in [3.63, 3.8) is 0 Å². The maximum atomic E-state index is 12.1. The molecule has 0 spiro atoms. The number of sulfonamides is 1. The lowest BCUT2D eigenvalue weighted by Crippen LogP contribution is -2.46. The lowest BCUT2D eigenvalue weighted by atomic mass is 9.99. The molecule has 0 heterocycles. The van der Waals surface area contributed by atoms with Gasteiger partial charge < -0.3 is 11.1 Å². The van der Waals surface area contributed by atoms with Crippen LogP contribution in [0.25, 0.3) is 0 Å². The molecule has 24 heavy (non-hydrogen) atoms. The van der Waals surface area contributed by atoms with Gasteiger partial charge in [0.15, 0.2) is 4.90 Å². The molecular formula is C14H22N4O5S. The highest BCUT2D eigenvalue weighted by molar-refractivity contribution is 7.89. The summed E-state index contributed by atoms with van der Waals surface area (Å²) in [6.07, 6.45) is 0.749. The van der Waals surface area contributed by atoms with Gasteiger partial charge in [-0.1, -0.05) is 32.4 Å². The number of hydrogen-bond acceptors (Lipinski definition) is 6. The van der Waals surface area contributed by atoms with E-state index in [1.165, 1.54) is 12.1 Å². The van der Waals surface area contributed by atoms with E-state index in [9.17, 15) is 23.3 Å². The summed E-state index contributed by atoms with van der Waals surface area (Å²) >= 11 is 0. The Kier molecular flexibility index (Phi) is 7.26. The molecule has 0 radical (unpaired) electrons. The molecule has 1 aromatic carbocycles. The van der Waals surface area contributed by atoms with E-state index < -0.39 is 31.6 Å². The van der Waals surface area contributed by atoms with Crippen molar-refractivity contribution >= 4 is 21.6 Å². The van der Waals surface area contributed by atoms with Gasteiger partial charge in [0.1, 0.15) is 0 Å². The second-order valence-corrected chi connectivity index (χ2v) is 7.06. The fraction of sp³-hybridized carbons (Fsp3) is 0.500. The maximum absolute atomic E-state index is 12.1. The van der Waals surface area contributed by atoms with Crippen LogP contribution in [-0.4, -0.2) is 38.4 Å². The molecule has 0 aliphatic carbocycles. The molecule has 0 aromatic heterocycles.